The SMILES string of the molecule is Cc1c(C(=O)NC(C(=O)OCc2ccccn2)C(C)(C)O)ccc2c1B(O)OC2. The summed E-state index contributed by atoms with van der Waals surface area (Å²) >= 11 is 0. The fraction of sp³-hybridized carbons (Fsp3) is 0.350. The number of hydrogen-bond acceptors (Lipinski definition) is 7. The van der Waals surface area contributed by atoms with E-state index in [1.165, 1.54) is 13.8 Å². The molecule has 2 aromatic rings. The first kappa shape index (κ1) is 21.0. The van der Waals surface area contributed by atoms with E-state index in [1.807, 2.05) is 0 Å². The zero-order valence-electron chi connectivity index (χ0n) is 16.5. The third-order valence-corrected chi connectivity index (χ3v) is 4.80. The van der Waals surface area contributed by atoms with Crippen LogP contribution in [-0.2, 0) is 27.4 Å². The van der Waals surface area contributed by atoms with E-state index in [4.69, 9.17) is 9.39 Å². The molecule has 0 saturated carbocycles. The maximum absolute atomic E-state index is 12.8. The summed E-state index contributed by atoms with van der Waals surface area (Å²) in [6, 6.07) is 7.21. The Labute approximate surface area is 169 Å². The van der Waals surface area contributed by atoms with Crippen molar-refractivity contribution in [1.29, 1.82) is 0 Å². The molecule has 1 aromatic heterocycles. The van der Waals surface area contributed by atoms with Crippen LogP contribution in [0.4, 0.5) is 0 Å². The van der Waals surface area contributed by atoms with Crippen LogP contribution in [0.1, 0.15) is 41.0 Å². The Balaban J connectivity index is 1.76. The van der Waals surface area contributed by atoms with Crippen LogP contribution in [0.15, 0.2) is 36.5 Å². The fourth-order valence-electron chi connectivity index (χ4n) is 3.20. The second-order valence-electron chi connectivity index (χ2n) is 7.46. The summed E-state index contributed by atoms with van der Waals surface area (Å²) in [6.45, 7) is 4.71. The first-order chi connectivity index (χ1) is 13.7. The maximum Gasteiger partial charge on any atom is 0.492 e. The number of aromatic nitrogens is 1. The third kappa shape index (κ3) is 4.64. The standard InChI is InChI=1S/C20H23BN2O6/c1-12-15(8-7-13-10-29-21(27)16(12)13)18(24)23-17(20(2,3)26)19(25)28-11-14-6-4-5-9-22-14/h4-9,17,26-27H,10-11H2,1-3H3,(H,23,24). The van der Waals surface area contributed by atoms with Crippen LogP contribution in [0, 0.1) is 6.92 Å². The van der Waals surface area contributed by atoms with Gasteiger partial charge in [0.2, 0.25) is 0 Å². The van der Waals surface area contributed by atoms with Crippen molar-refractivity contribution in [2.75, 3.05) is 0 Å². The summed E-state index contributed by atoms with van der Waals surface area (Å²) in [5.41, 5.74) is 1.17. The number of fused-ring (bicyclic) bond motifs is 1. The quantitative estimate of drug-likeness (QED) is 0.471. The number of ether oxygens (including phenoxy) is 1. The Bertz CT molecular complexity index is 913. The second kappa shape index (κ2) is 8.32. The van der Waals surface area contributed by atoms with Crippen molar-refractivity contribution < 1.29 is 29.1 Å². The lowest BCUT2D eigenvalue weighted by Crippen LogP contribution is -2.55. The average molecular weight is 398 g/mol. The van der Waals surface area contributed by atoms with Gasteiger partial charge < -0.3 is 24.8 Å². The molecule has 0 aliphatic carbocycles. The van der Waals surface area contributed by atoms with Crippen LogP contribution >= 0.6 is 0 Å². The summed E-state index contributed by atoms with van der Waals surface area (Å²) in [4.78, 5) is 29.5. The van der Waals surface area contributed by atoms with Crippen molar-refractivity contribution >= 4 is 24.5 Å². The van der Waals surface area contributed by atoms with Crippen molar-refractivity contribution in [3.05, 3.63) is 58.9 Å². The molecule has 2 heterocycles. The number of pyridine rings is 1. The normalized spacial score (nSPS) is 14.3. The Morgan fingerprint density at radius 1 is 1.34 bits per heavy atom. The van der Waals surface area contributed by atoms with Crippen LogP contribution in [0.3, 0.4) is 0 Å². The molecule has 1 aliphatic heterocycles. The number of amides is 1. The van der Waals surface area contributed by atoms with E-state index in [9.17, 15) is 19.7 Å². The molecule has 9 heteroatoms. The number of carbonyl (C=O) groups is 2. The third-order valence-electron chi connectivity index (χ3n) is 4.80. The Morgan fingerprint density at radius 2 is 2.10 bits per heavy atom. The van der Waals surface area contributed by atoms with E-state index >= 15 is 0 Å². The van der Waals surface area contributed by atoms with Gasteiger partial charge in [0.1, 0.15) is 6.61 Å². The summed E-state index contributed by atoms with van der Waals surface area (Å²) in [5, 5.41) is 22.9. The number of benzene rings is 1. The van der Waals surface area contributed by atoms with Crippen molar-refractivity contribution in [2.24, 2.45) is 0 Å². The highest BCUT2D eigenvalue weighted by molar-refractivity contribution is 6.62. The van der Waals surface area contributed by atoms with Crippen LogP contribution < -0.4 is 10.8 Å². The fourth-order valence-corrected chi connectivity index (χ4v) is 3.20. The van der Waals surface area contributed by atoms with Crippen molar-refractivity contribution in [3.8, 4) is 0 Å². The second-order valence-corrected chi connectivity index (χ2v) is 7.46. The summed E-state index contributed by atoms with van der Waals surface area (Å²) in [7, 11) is -1.09. The molecule has 1 unspecified atom stereocenters. The van der Waals surface area contributed by atoms with E-state index in [-0.39, 0.29) is 18.8 Å². The average Bonchev–Trinajstić information content (AvgIpc) is 3.06. The first-order valence-electron chi connectivity index (χ1n) is 9.20. The highest BCUT2D eigenvalue weighted by Gasteiger charge is 2.37. The molecule has 8 nitrogen and oxygen atoms in total. The molecule has 0 fully saturated rings. The molecule has 1 amide bonds. The monoisotopic (exact) mass is 398 g/mol. The lowest BCUT2D eigenvalue weighted by molar-refractivity contribution is -0.153. The molecule has 0 radical (unpaired) electrons. The predicted octanol–water partition coefficient (Wildman–Crippen LogP) is 0.220. The van der Waals surface area contributed by atoms with Crippen LogP contribution in [-0.4, -0.2) is 45.8 Å². The lowest BCUT2D eigenvalue weighted by Gasteiger charge is -2.28. The zero-order valence-corrected chi connectivity index (χ0v) is 16.5. The van der Waals surface area contributed by atoms with Crippen LogP contribution in [0.25, 0.3) is 0 Å². The minimum absolute atomic E-state index is 0.0798. The Morgan fingerprint density at radius 3 is 2.76 bits per heavy atom. The van der Waals surface area contributed by atoms with Gasteiger partial charge in [0, 0.05) is 11.8 Å². The number of nitrogens with zero attached hydrogens (tertiary/aromatic N) is 1. The number of nitrogens with one attached hydrogen (secondary N) is 1. The van der Waals surface area contributed by atoms with Crippen molar-refractivity contribution in [2.45, 2.75) is 45.6 Å². The van der Waals surface area contributed by atoms with Gasteiger partial charge in [-0.25, -0.2) is 4.79 Å². The number of aliphatic hydroxyl groups is 1. The molecule has 1 aromatic carbocycles. The number of esters is 1. The maximum atomic E-state index is 12.8. The largest absolute Gasteiger partial charge is 0.492 e. The molecule has 0 bridgehead atoms. The van der Waals surface area contributed by atoms with Gasteiger partial charge in [0.15, 0.2) is 6.04 Å². The number of hydrogen-bond donors (Lipinski definition) is 3. The smallest absolute Gasteiger partial charge is 0.458 e. The Kier molecular flexibility index (Phi) is 6.02. The first-order valence-corrected chi connectivity index (χ1v) is 9.20. The van der Waals surface area contributed by atoms with Gasteiger partial charge >= 0.3 is 13.1 Å². The lowest BCUT2D eigenvalue weighted by atomic mass is 9.75. The predicted molar refractivity (Wildman–Crippen MR) is 105 cm³/mol. The minimum atomic E-state index is -1.57. The highest BCUT2D eigenvalue weighted by Crippen LogP contribution is 2.18. The molecular formula is C20H23BN2O6. The van der Waals surface area contributed by atoms with Gasteiger partial charge in [-0.2, -0.15) is 0 Å². The van der Waals surface area contributed by atoms with Gasteiger partial charge in [0.05, 0.1) is 17.9 Å². The number of rotatable bonds is 6. The van der Waals surface area contributed by atoms with Crippen LogP contribution in [0.5, 0.6) is 0 Å². The van der Waals surface area contributed by atoms with E-state index in [1.54, 1.807) is 43.5 Å². The van der Waals surface area contributed by atoms with Crippen LogP contribution in [0.2, 0.25) is 0 Å². The van der Waals surface area contributed by atoms with Crippen molar-refractivity contribution in [1.82, 2.24) is 10.3 Å². The zero-order chi connectivity index (χ0) is 21.2. The molecule has 1 atom stereocenters. The molecule has 152 valence electrons. The van der Waals surface area contributed by atoms with Gasteiger partial charge in [-0.3, -0.25) is 9.78 Å². The minimum Gasteiger partial charge on any atom is -0.458 e. The molecule has 1 aliphatic rings. The highest BCUT2D eigenvalue weighted by atomic mass is 16.5. The van der Waals surface area contributed by atoms with Gasteiger partial charge in [-0.15, -0.1) is 0 Å². The van der Waals surface area contributed by atoms with E-state index < -0.39 is 30.6 Å². The van der Waals surface area contributed by atoms with E-state index in [0.717, 1.165) is 5.56 Å². The van der Waals surface area contributed by atoms with Gasteiger partial charge in [-0.05, 0) is 55.6 Å². The molecular weight excluding hydrogens is 375 g/mol. The summed E-state index contributed by atoms with van der Waals surface area (Å²) < 4.78 is 10.4. The summed E-state index contributed by atoms with van der Waals surface area (Å²) in [5.74, 6) is -1.34. The summed E-state index contributed by atoms with van der Waals surface area (Å²) in [6.07, 6.45) is 1.58. The van der Waals surface area contributed by atoms with E-state index in [0.29, 0.717) is 16.7 Å². The van der Waals surface area contributed by atoms with Gasteiger partial charge in [-0.1, -0.05) is 12.1 Å². The molecule has 0 spiro atoms. The molecule has 3 N–H and O–H groups in total. The Hall–Kier alpha value is -2.75. The molecule has 0 saturated heterocycles. The van der Waals surface area contributed by atoms with E-state index in [2.05, 4.69) is 10.3 Å². The number of carbonyl (C=O) groups excluding carboxylic acids is 2. The molecule has 3 rings (SSSR count). The van der Waals surface area contributed by atoms with Gasteiger partial charge in [0.25, 0.3) is 5.91 Å². The molecule has 29 heavy (non-hydrogen) atoms. The van der Waals surface area contributed by atoms with Crippen molar-refractivity contribution in [3.63, 3.8) is 0 Å². The topological polar surface area (TPSA) is 118 Å².